The van der Waals surface area contributed by atoms with Crippen molar-refractivity contribution in [2.45, 2.75) is 25.9 Å². The van der Waals surface area contributed by atoms with Crippen molar-refractivity contribution in [1.82, 2.24) is 14.9 Å². The maximum atomic E-state index is 12.6. The Morgan fingerprint density at radius 2 is 1.84 bits per heavy atom. The lowest BCUT2D eigenvalue weighted by atomic mass is 10.2. The van der Waals surface area contributed by atoms with Crippen LogP contribution in [0.4, 0.5) is 5.95 Å². The minimum atomic E-state index is -0.835. The molecule has 1 atom stereocenters. The minimum Gasteiger partial charge on any atom is -0.492 e. The van der Waals surface area contributed by atoms with Crippen molar-refractivity contribution in [2.24, 2.45) is 0 Å². The molecule has 1 aromatic carbocycles. The molecular weight excluding hydrogens is 443 g/mol. The molecule has 1 saturated heterocycles. The van der Waals surface area contributed by atoms with Gasteiger partial charge in [0.1, 0.15) is 5.75 Å². The third-order valence-corrected chi connectivity index (χ3v) is 5.29. The fourth-order valence-corrected chi connectivity index (χ4v) is 3.60. The minimum absolute atomic E-state index is 0.141. The molecule has 0 aliphatic carbocycles. The lowest BCUT2D eigenvalue weighted by Crippen LogP contribution is -2.52. The van der Waals surface area contributed by atoms with E-state index in [-0.39, 0.29) is 12.3 Å². The number of aromatic nitrogens is 2. The topological polar surface area (TPSA) is 84.9 Å². The Balaban J connectivity index is 1.36. The quantitative estimate of drug-likeness (QED) is 0.435. The molecule has 2 aromatic rings. The summed E-state index contributed by atoms with van der Waals surface area (Å²) in [4.78, 5) is 36.9. The molecule has 0 N–H and O–H groups in total. The van der Waals surface area contributed by atoms with Crippen LogP contribution >= 0.6 is 23.2 Å². The summed E-state index contributed by atoms with van der Waals surface area (Å²) in [5.74, 6) is 0.508. The highest BCUT2D eigenvalue weighted by atomic mass is 35.5. The van der Waals surface area contributed by atoms with E-state index >= 15 is 0 Å². The maximum Gasteiger partial charge on any atom is 0.306 e. The van der Waals surface area contributed by atoms with Crippen molar-refractivity contribution >= 4 is 41.0 Å². The lowest BCUT2D eigenvalue weighted by molar-refractivity contribution is -0.159. The maximum absolute atomic E-state index is 12.6. The first kappa shape index (κ1) is 23.1. The zero-order chi connectivity index (χ0) is 22.2. The Labute approximate surface area is 191 Å². The van der Waals surface area contributed by atoms with Gasteiger partial charge in [-0.05, 0) is 37.6 Å². The number of rotatable bonds is 8. The molecule has 1 amide bonds. The summed E-state index contributed by atoms with van der Waals surface area (Å²) in [7, 11) is 0. The van der Waals surface area contributed by atoms with Crippen LogP contribution in [-0.2, 0) is 14.3 Å². The molecule has 31 heavy (non-hydrogen) atoms. The van der Waals surface area contributed by atoms with Crippen molar-refractivity contribution in [2.75, 3.05) is 37.7 Å². The second kappa shape index (κ2) is 11.2. The van der Waals surface area contributed by atoms with Crippen LogP contribution in [0, 0.1) is 0 Å². The number of ether oxygens (including phenoxy) is 2. The Kier molecular flexibility index (Phi) is 8.31. The van der Waals surface area contributed by atoms with Gasteiger partial charge in [-0.1, -0.05) is 23.2 Å². The van der Waals surface area contributed by atoms with Gasteiger partial charge < -0.3 is 19.3 Å². The van der Waals surface area contributed by atoms with Gasteiger partial charge in [0, 0.05) is 50.0 Å². The van der Waals surface area contributed by atoms with E-state index in [1.807, 2.05) is 4.90 Å². The van der Waals surface area contributed by atoms with Gasteiger partial charge in [-0.3, -0.25) is 9.59 Å². The summed E-state index contributed by atoms with van der Waals surface area (Å²) in [5, 5.41) is 0.933. The number of hydrogen-bond acceptors (Lipinski definition) is 7. The Hall–Kier alpha value is -2.58. The number of anilines is 1. The average Bonchev–Trinajstić information content (AvgIpc) is 2.78. The lowest BCUT2D eigenvalue weighted by Gasteiger charge is -2.35. The second-order valence-corrected chi connectivity index (χ2v) is 7.86. The first-order valence-corrected chi connectivity index (χ1v) is 10.8. The Morgan fingerprint density at radius 1 is 1.13 bits per heavy atom. The molecule has 1 aliphatic heterocycles. The standard InChI is InChI=1S/C21H24Cl2N4O4/c1-15(20(29)26-9-11-27(12-10-26)21-24-7-3-8-25-21)31-19(28)4-2-13-30-18-6-5-16(22)14-17(18)23/h3,5-8,14-15H,2,4,9-13H2,1H3. The molecule has 2 heterocycles. The van der Waals surface area contributed by atoms with Crippen molar-refractivity contribution < 1.29 is 19.1 Å². The monoisotopic (exact) mass is 466 g/mol. The van der Waals surface area contributed by atoms with Gasteiger partial charge in [-0.15, -0.1) is 0 Å². The van der Waals surface area contributed by atoms with Crippen LogP contribution < -0.4 is 9.64 Å². The van der Waals surface area contributed by atoms with Gasteiger partial charge >= 0.3 is 5.97 Å². The summed E-state index contributed by atoms with van der Waals surface area (Å²) in [6.07, 6.45) is 3.13. The van der Waals surface area contributed by atoms with E-state index in [0.29, 0.717) is 60.9 Å². The number of esters is 1. The molecule has 0 radical (unpaired) electrons. The molecule has 0 bridgehead atoms. The van der Waals surface area contributed by atoms with Crippen molar-refractivity contribution in [3.8, 4) is 5.75 Å². The molecule has 1 aliphatic rings. The number of halogens is 2. The van der Waals surface area contributed by atoms with Crippen LogP contribution in [0.5, 0.6) is 5.75 Å². The zero-order valence-electron chi connectivity index (χ0n) is 17.2. The van der Waals surface area contributed by atoms with Gasteiger partial charge in [-0.2, -0.15) is 0 Å². The van der Waals surface area contributed by atoms with Crippen molar-refractivity contribution in [3.63, 3.8) is 0 Å². The van der Waals surface area contributed by atoms with E-state index < -0.39 is 12.1 Å². The van der Waals surface area contributed by atoms with Gasteiger partial charge in [0.25, 0.3) is 5.91 Å². The van der Waals surface area contributed by atoms with Crippen LogP contribution in [0.1, 0.15) is 19.8 Å². The summed E-state index contributed by atoms with van der Waals surface area (Å²) < 4.78 is 10.8. The Bertz CT molecular complexity index is 892. The van der Waals surface area contributed by atoms with Crippen LogP contribution in [0.15, 0.2) is 36.7 Å². The van der Waals surface area contributed by atoms with Gasteiger partial charge in [0.05, 0.1) is 11.6 Å². The highest BCUT2D eigenvalue weighted by Gasteiger charge is 2.27. The molecule has 8 nitrogen and oxygen atoms in total. The molecule has 1 fully saturated rings. The second-order valence-electron chi connectivity index (χ2n) is 7.02. The summed E-state index contributed by atoms with van der Waals surface area (Å²) in [6.45, 7) is 4.19. The number of hydrogen-bond donors (Lipinski definition) is 0. The summed E-state index contributed by atoms with van der Waals surface area (Å²) in [5.41, 5.74) is 0. The van der Waals surface area contributed by atoms with E-state index in [0.717, 1.165) is 0 Å². The van der Waals surface area contributed by atoms with E-state index in [9.17, 15) is 9.59 Å². The molecule has 0 saturated carbocycles. The highest BCUT2D eigenvalue weighted by molar-refractivity contribution is 6.35. The molecule has 3 rings (SSSR count). The van der Waals surface area contributed by atoms with E-state index in [1.165, 1.54) is 0 Å². The van der Waals surface area contributed by atoms with E-state index in [4.69, 9.17) is 32.7 Å². The van der Waals surface area contributed by atoms with Crippen LogP contribution in [-0.4, -0.2) is 65.6 Å². The fourth-order valence-electron chi connectivity index (χ4n) is 3.14. The number of carbonyl (C=O) groups excluding carboxylic acids is 2. The summed E-state index contributed by atoms with van der Waals surface area (Å²) >= 11 is 11.9. The van der Waals surface area contributed by atoms with Gasteiger partial charge in [0.2, 0.25) is 5.95 Å². The Morgan fingerprint density at radius 3 is 2.52 bits per heavy atom. The average molecular weight is 467 g/mol. The first-order chi connectivity index (χ1) is 14.9. The van der Waals surface area contributed by atoms with Crippen LogP contribution in [0.25, 0.3) is 0 Å². The molecule has 1 unspecified atom stereocenters. The van der Waals surface area contributed by atoms with Crippen LogP contribution in [0.2, 0.25) is 10.0 Å². The normalized spacial score (nSPS) is 14.8. The molecule has 166 valence electrons. The number of benzene rings is 1. The smallest absolute Gasteiger partial charge is 0.306 e. The largest absolute Gasteiger partial charge is 0.492 e. The van der Waals surface area contributed by atoms with Gasteiger partial charge in [-0.25, -0.2) is 9.97 Å². The zero-order valence-corrected chi connectivity index (χ0v) is 18.7. The third kappa shape index (κ3) is 6.70. The predicted octanol–water partition coefficient (Wildman–Crippen LogP) is 3.22. The molecule has 1 aromatic heterocycles. The van der Waals surface area contributed by atoms with E-state index in [1.54, 1.807) is 48.5 Å². The molecule has 10 heteroatoms. The third-order valence-electron chi connectivity index (χ3n) is 4.76. The number of nitrogens with zero attached hydrogens (tertiary/aromatic N) is 4. The van der Waals surface area contributed by atoms with E-state index in [2.05, 4.69) is 9.97 Å². The van der Waals surface area contributed by atoms with Crippen molar-refractivity contribution in [1.29, 1.82) is 0 Å². The SMILES string of the molecule is CC(OC(=O)CCCOc1ccc(Cl)cc1Cl)C(=O)N1CCN(c2ncccn2)CC1. The molecule has 0 spiro atoms. The summed E-state index contributed by atoms with van der Waals surface area (Å²) in [6, 6.07) is 6.70. The van der Waals surface area contributed by atoms with Gasteiger partial charge in [0.15, 0.2) is 6.10 Å². The predicted molar refractivity (Wildman–Crippen MR) is 118 cm³/mol. The first-order valence-electron chi connectivity index (χ1n) is 10.0. The fraction of sp³-hybridized carbons (Fsp3) is 0.429. The number of carbonyl (C=O) groups is 2. The molecular formula is C21H24Cl2N4O4. The highest BCUT2D eigenvalue weighted by Crippen LogP contribution is 2.27. The number of piperazine rings is 1. The van der Waals surface area contributed by atoms with Crippen molar-refractivity contribution in [3.05, 3.63) is 46.7 Å². The van der Waals surface area contributed by atoms with Crippen LogP contribution in [0.3, 0.4) is 0 Å². The number of amides is 1.